The maximum atomic E-state index is 7.76. The van der Waals surface area contributed by atoms with Crippen LogP contribution in [-0.2, 0) is 0 Å². The first-order valence-electron chi connectivity index (χ1n) is 7.96. The first-order chi connectivity index (χ1) is 8.56. The molecular weight excluding hydrogens is 218 g/mol. The van der Waals surface area contributed by atoms with E-state index in [2.05, 4.69) is 19.1 Å². The van der Waals surface area contributed by atoms with Gasteiger partial charge in [0.05, 0.1) is 0 Å². The van der Waals surface area contributed by atoms with Crippen molar-refractivity contribution >= 4 is 0 Å². The third-order valence-corrected chi connectivity index (χ3v) is 3.31. The molecule has 0 aromatic heterocycles. The minimum atomic E-state index is -0.219. The number of hydrogen-bond donors (Lipinski definition) is 0. The van der Waals surface area contributed by atoms with Crippen molar-refractivity contribution in [2.45, 2.75) is 96.9 Å². The van der Waals surface area contributed by atoms with E-state index >= 15 is 0 Å². The van der Waals surface area contributed by atoms with Crippen LogP contribution in [-0.4, -0.2) is 5.54 Å². The monoisotopic (exact) mass is 252 g/mol. The van der Waals surface area contributed by atoms with Crippen molar-refractivity contribution < 1.29 is 0 Å². The van der Waals surface area contributed by atoms with Crippen LogP contribution in [0.2, 0.25) is 0 Å². The van der Waals surface area contributed by atoms with Crippen LogP contribution in [0.4, 0.5) is 0 Å². The average Bonchev–Trinajstić information content (AvgIpc) is 2.29. The summed E-state index contributed by atoms with van der Waals surface area (Å²) in [5.74, 6) is 0. The Hall–Kier alpha value is -0.300. The lowest BCUT2D eigenvalue weighted by molar-refractivity contribution is 0.428. The summed E-state index contributed by atoms with van der Waals surface area (Å²) >= 11 is 0. The molecule has 0 aromatic rings. The highest BCUT2D eigenvalue weighted by Crippen LogP contribution is 2.14. The molecule has 0 unspecified atom stereocenters. The largest absolute Gasteiger partial charge is 0.252 e. The first-order valence-corrected chi connectivity index (χ1v) is 7.96. The molecule has 0 heterocycles. The number of allylic oxidation sites excluding steroid dienone is 2. The van der Waals surface area contributed by atoms with Gasteiger partial charge in [0.1, 0.15) is 0 Å². The van der Waals surface area contributed by atoms with E-state index < -0.39 is 0 Å². The zero-order chi connectivity index (χ0) is 13.7. The summed E-state index contributed by atoms with van der Waals surface area (Å²) in [6.45, 7) is 6.27. The van der Waals surface area contributed by atoms with E-state index in [0.29, 0.717) is 0 Å². The van der Waals surface area contributed by atoms with Crippen molar-refractivity contribution in [3.63, 3.8) is 0 Å². The molecule has 0 bridgehead atoms. The molecule has 0 rings (SSSR count). The molecule has 0 aliphatic rings. The van der Waals surface area contributed by atoms with Crippen molar-refractivity contribution in [3.8, 4) is 0 Å². The fourth-order valence-corrected chi connectivity index (χ4v) is 2.09. The standard InChI is InChI=1S/C17H34N/c1-4-5-6-7-8-9-10-11-12-13-14-15-16-17(2,3)18/h7-8,18H,4-6,9-16H2,1-3H3/b8-7+. The Labute approximate surface area is 115 Å². The average molecular weight is 252 g/mol. The van der Waals surface area contributed by atoms with E-state index in [-0.39, 0.29) is 5.54 Å². The second-order valence-corrected chi connectivity index (χ2v) is 6.16. The van der Waals surface area contributed by atoms with E-state index in [1.807, 2.05) is 13.8 Å². The van der Waals surface area contributed by atoms with Gasteiger partial charge in [0.2, 0.25) is 0 Å². The number of hydrogen-bond acceptors (Lipinski definition) is 0. The number of unbranched alkanes of at least 4 members (excludes halogenated alkanes) is 8. The Morgan fingerprint density at radius 2 is 1.28 bits per heavy atom. The second kappa shape index (κ2) is 11.8. The molecule has 0 aromatic carbocycles. The Balaban J connectivity index is 3.10. The molecule has 0 aliphatic heterocycles. The van der Waals surface area contributed by atoms with Gasteiger partial charge in [-0.25, -0.2) is 0 Å². The minimum Gasteiger partial charge on any atom is -0.252 e. The molecule has 18 heavy (non-hydrogen) atoms. The predicted octanol–water partition coefficient (Wildman–Crippen LogP) is 5.92. The number of rotatable bonds is 12. The van der Waals surface area contributed by atoms with E-state index in [9.17, 15) is 0 Å². The molecule has 0 aliphatic carbocycles. The van der Waals surface area contributed by atoms with Crippen LogP contribution in [0.25, 0.3) is 0 Å². The van der Waals surface area contributed by atoms with Crippen LogP contribution < -0.4 is 5.73 Å². The van der Waals surface area contributed by atoms with Crippen LogP contribution >= 0.6 is 0 Å². The summed E-state index contributed by atoms with van der Waals surface area (Å²) < 4.78 is 0. The second-order valence-electron chi connectivity index (χ2n) is 6.16. The van der Waals surface area contributed by atoms with Crippen molar-refractivity contribution in [1.29, 1.82) is 0 Å². The quantitative estimate of drug-likeness (QED) is 0.304. The highest BCUT2D eigenvalue weighted by molar-refractivity contribution is 4.81. The van der Waals surface area contributed by atoms with E-state index in [0.717, 1.165) is 6.42 Å². The molecule has 0 saturated carbocycles. The maximum Gasteiger partial charge on any atom is 0.0267 e. The molecular formula is C17H34N. The molecule has 0 saturated heterocycles. The smallest absolute Gasteiger partial charge is 0.0267 e. The highest BCUT2D eigenvalue weighted by Gasteiger charge is 2.09. The zero-order valence-corrected chi connectivity index (χ0v) is 12.9. The fourth-order valence-electron chi connectivity index (χ4n) is 2.09. The first kappa shape index (κ1) is 17.7. The van der Waals surface area contributed by atoms with Crippen molar-refractivity contribution in [2.24, 2.45) is 0 Å². The van der Waals surface area contributed by atoms with Crippen LogP contribution in [0.15, 0.2) is 12.2 Å². The van der Waals surface area contributed by atoms with Gasteiger partial charge in [-0.15, -0.1) is 0 Å². The molecule has 107 valence electrons. The molecule has 1 heteroatoms. The molecule has 0 amide bonds. The Kier molecular flexibility index (Phi) is 11.6. The lowest BCUT2D eigenvalue weighted by Crippen LogP contribution is -2.20. The van der Waals surface area contributed by atoms with Gasteiger partial charge in [0, 0.05) is 5.54 Å². The Morgan fingerprint density at radius 3 is 1.83 bits per heavy atom. The highest BCUT2D eigenvalue weighted by atomic mass is 14.7. The van der Waals surface area contributed by atoms with Crippen molar-refractivity contribution in [3.05, 3.63) is 12.2 Å². The van der Waals surface area contributed by atoms with Crippen LogP contribution in [0.3, 0.4) is 0 Å². The summed E-state index contributed by atoms with van der Waals surface area (Å²) in [5.41, 5.74) is 7.55. The van der Waals surface area contributed by atoms with Gasteiger partial charge in [0.15, 0.2) is 0 Å². The van der Waals surface area contributed by atoms with Gasteiger partial charge in [-0.2, -0.15) is 0 Å². The summed E-state index contributed by atoms with van der Waals surface area (Å²) in [6, 6.07) is 0. The van der Waals surface area contributed by atoms with Gasteiger partial charge >= 0.3 is 0 Å². The van der Waals surface area contributed by atoms with Gasteiger partial charge in [-0.3, -0.25) is 5.73 Å². The van der Waals surface area contributed by atoms with Crippen molar-refractivity contribution in [2.75, 3.05) is 0 Å². The fraction of sp³-hybridized carbons (Fsp3) is 0.882. The lowest BCUT2D eigenvalue weighted by Gasteiger charge is -2.16. The third kappa shape index (κ3) is 15.7. The topological polar surface area (TPSA) is 23.8 Å². The Bertz CT molecular complexity index is 188. The van der Waals surface area contributed by atoms with Crippen LogP contribution in [0.1, 0.15) is 91.4 Å². The van der Waals surface area contributed by atoms with Gasteiger partial charge in [-0.1, -0.05) is 64.0 Å². The molecule has 0 fully saturated rings. The molecule has 1 nitrogen and oxygen atoms in total. The summed E-state index contributed by atoms with van der Waals surface area (Å²) in [7, 11) is 0. The van der Waals surface area contributed by atoms with Crippen LogP contribution in [0.5, 0.6) is 0 Å². The van der Waals surface area contributed by atoms with E-state index in [1.165, 1.54) is 64.2 Å². The predicted molar refractivity (Wildman–Crippen MR) is 82.8 cm³/mol. The van der Waals surface area contributed by atoms with Gasteiger partial charge in [0.25, 0.3) is 0 Å². The summed E-state index contributed by atoms with van der Waals surface area (Å²) in [4.78, 5) is 0. The molecule has 1 radical (unpaired) electrons. The number of nitrogens with one attached hydrogen (secondary N) is 1. The summed E-state index contributed by atoms with van der Waals surface area (Å²) in [5, 5.41) is 0. The van der Waals surface area contributed by atoms with Crippen molar-refractivity contribution in [1.82, 2.24) is 5.73 Å². The molecule has 0 atom stereocenters. The summed E-state index contributed by atoms with van der Waals surface area (Å²) in [6.07, 6.45) is 18.9. The maximum absolute atomic E-state index is 7.76. The SMILES string of the molecule is CCCC/C=C/CCCCCCCCC(C)(C)[NH]. The molecule has 0 spiro atoms. The lowest BCUT2D eigenvalue weighted by atomic mass is 9.97. The minimum absolute atomic E-state index is 0.219. The zero-order valence-electron chi connectivity index (χ0n) is 12.9. The van der Waals surface area contributed by atoms with Gasteiger partial charge in [-0.05, 0) is 39.5 Å². The third-order valence-electron chi connectivity index (χ3n) is 3.31. The van der Waals surface area contributed by atoms with Crippen LogP contribution in [0, 0.1) is 0 Å². The van der Waals surface area contributed by atoms with E-state index in [1.54, 1.807) is 0 Å². The Morgan fingerprint density at radius 1 is 0.778 bits per heavy atom. The van der Waals surface area contributed by atoms with E-state index in [4.69, 9.17) is 5.73 Å². The van der Waals surface area contributed by atoms with Gasteiger partial charge < -0.3 is 0 Å². The molecule has 1 N–H and O–H groups in total. The normalized spacial score (nSPS) is 12.4.